The lowest BCUT2D eigenvalue weighted by Crippen LogP contribution is -2.27. The third kappa shape index (κ3) is 8.71. The number of carboxylic acid groups (broad SMARTS) is 1. The number of carbonyl (C=O) groups is 1. The first kappa shape index (κ1) is 18.5. The van der Waals surface area contributed by atoms with Crippen molar-refractivity contribution in [3.8, 4) is 0 Å². The zero-order valence-corrected chi connectivity index (χ0v) is 14.0. The minimum Gasteiger partial charge on any atom is -0.481 e. The monoisotopic (exact) mass is 305 g/mol. The smallest absolute Gasteiger partial charge is 0.305 e. The first-order chi connectivity index (χ1) is 10.7. The summed E-state index contributed by atoms with van der Waals surface area (Å²) in [6.45, 7) is 3.79. The van der Waals surface area contributed by atoms with E-state index in [1.807, 2.05) is 18.2 Å². The summed E-state index contributed by atoms with van der Waals surface area (Å²) in [5, 5.41) is 8.89. The summed E-state index contributed by atoms with van der Waals surface area (Å²) >= 11 is 0. The molecule has 22 heavy (non-hydrogen) atoms. The summed E-state index contributed by atoms with van der Waals surface area (Å²) in [5.41, 5.74) is 1.13. The minimum absolute atomic E-state index is 0.200. The molecule has 0 aromatic heterocycles. The van der Waals surface area contributed by atoms with Crippen LogP contribution in [-0.2, 0) is 4.79 Å². The van der Waals surface area contributed by atoms with Crippen LogP contribution in [0.3, 0.4) is 0 Å². The Morgan fingerprint density at radius 2 is 1.50 bits per heavy atom. The van der Waals surface area contributed by atoms with Gasteiger partial charge in [0.1, 0.15) is 0 Å². The Kier molecular flexibility index (Phi) is 10.2. The normalized spacial score (nSPS) is 10.6. The van der Waals surface area contributed by atoms with Crippen LogP contribution in [0.25, 0.3) is 0 Å². The Morgan fingerprint density at radius 3 is 2.09 bits per heavy atom. The van der Waals surface area contributed by atoms with Crippen molar-refractivity contribution in [3.05, 3.63) is 30.3 Å². The number of aliphatic carboxylic acids is 1. The molecular formula is C19H31NO2. The molecule has 124 valence electrons. The number of unbranched alkanes of at least 4 members (excludes halogenated alkanes) is 7. The van der Waals surface area contributed by atoms with E-state index in [2.05, 4.69) is 24.0 Å². The van der Waals surface area contributed by atoms with Gasteiger partial charge in [-0.2, -0.15) is 0 Å². The highest BCUT2D eigenvalue weighted by molar-refractivity contribution is 5.67. The van der Waals surface area contributed by atoms with Crippen molar-refractivity contribution in [2.45, 2.75) is 64.7 Å². The molecule has 0 bridgehead atoms. The van der Waals surface area contributed by atoms with Gasteiger partial charge in [-0.25, -0.2) is 0 Å². The molecule has 0 aliphatic heterocycles. The Morgan fingerprint density at radius 1 is 0.909 bits per heavy atom. The van der Waals surface area contributed by atoms with E-state index in [0.29, 0.717) is 6.54 Å². The van der Waals surface area contributed by atoms with Gasteiger partial charge in [-0.3, -0.25) is 4.79 Å². The maximum Gasteiger partial charge on any atom is 0.305 e. The van der Waals surface area contributed by atoms with E-state index < -0.39 is 5.97 Å². The van der Waals surface area contributed by atoms with Crippen LogP contribution in [0.1, 0.15) is 64.7 Å². The highest BCUT2D eigenvalue weighted by Gasteiger charge is 2.08. The second kappa shape index (κ2) is 12.1. The average Bonchev–Trinajstić information content (AvgIpc) is 2.53. The van der Waals surface area contributed by atoms with Crippen molar-refractivity contribution in [1.82, 2.24) is 0 Å². The number of hydrogen-bond acceptors (Lipinski definition) is 2. The Bertz CT molecular complexity index is 392. The molecule has 1 aromatic rings. The number of para-hydroxylation sites is 1. The van der Waals surface area contributed by atoms with Gasteiger partial charge in [0, 0.05) is 18.8 Å². The second-order valence-corrected chi connectivity index (χ2v) is 5.94. The van der Waals surface area contributed by atoms with E-state index in [1.54, 1.807) is 0 Å². The number of carboxylic acids is 1. The summed E-state index contributed by atoms with van der Waals surface area (Å²) in [4.78, 5) is 13.0. The fraction of sp³-hybridized carbons (Fsp3) is 0.632. The van der Waals surface area contributed by atoms with Gasteiger partial charge in [-0.15, -0.1) is 0 Å². The van der Waals surface area contributed by atoms with Gasteiger partial charge in [0.15, 0.2) is 0 Å². The van der Waals surface area contributed by atoms with Crippen molar-refractivity contribution in [2.24, 2.45) is 0 Å². The number of rotatable bonds is 13. The molecule has 0 amide bonds. The van der Waals surface area contributed by atoms with Gasteiger partial charge in [0.25, 0.3) is 0 Å². The maximum atomic E-state index is 10.8. The first-order valence-electron chi connectivity index (χ1n) is 8.76. The fourth-order valence-electron chi connectivity index (χ4n) is 2.68. The van der Waals surface area contributed by atoms with Crippen LogP contribution in [0.15, 0.2) is 30.3 Å². The molecule has 0 heterocycles. The topological polar surface area (TPSA) is 40.5 Å². The molecule has 0 atom stereocenters. The van der Waals surface area contributed by atoms with Gasteiger partial charge >= 0.3 is 5.97 Å². The largest absolute Gasteiger partial charge is 0.481 e. The van der Waals surface area contributed by atoms with E-state index >= 15 is 0 Å². The molecule has 0 saturated heterocycles. The van der Waals surface area contributed by atoms with E-state index in [4.69, 9.17) is 5.11 Å². The van der Waals surface area contributed by atoms with Crippen LogP contribution < -0.4 is 4.90 Å². The molecule has 0 radical (unpaired) electrons. The third-order valence-corrected chi connectivity index (χ3v) is 4.00. The SMILES string of the molecule is CCCCCCCCCCN(CCC(=O)O)c1ccccc1. The highest BCUT2D eigenvalue weighted by atomic mass is 16.4. The molecule has 0 saturated carbocycles. The van der Waals surface area contributed by atoms with E-state index in [0.717, 1.165) is 18.7 Å². The predicted molar refractivity (Wildman–Crippen MR) is 93.5 cm³/mol. The van der Waals surface area contributed by atoms with Crippen LogP contribution in [0.5, 0.6) is 0 Å². The number of anilines is 1. The lowest BCUT2D eigenvalue weighted by molar-refractivity contribution is -0.136. The number of benzene rings is 1. The molecule has 0 aliphatic rings. The van der Waals surface area contributed by atoms with Crippen molar-refractivity contribution in [1.29, 1.82) is 0 Å². The maximum absolute atomic E-state index is 10.8. The van der Waals surface area contributed by atoms with Crippen LogP contribution in [0, 0.1) is 0 Å². The molecule has 1 N–H and O–H groups in total. The van der Waals surface area contributed by atoms with Crippen molar-refractivity contribution in [2.75, 3.05) is 18.0 Å². The first-order valence-corrected chi connectivity index (χ1v) is 8.76. The highest BCUT2D eigenvalue weighted by Crippen LogP contribution is 2.15. The summed E-state index contributed by atoms with van der Waals surface area (Å²) in [5.74, 6) is -0.725. The standard InChI is InChI=1S/C19H31NO2/c1-2-3-4-5-6-7-8-12-16-20(17-15-19(21)22)18-13-10-9-11-14-18/h9-11,13-14H,2-8,12,15-17H2,1H3,(H,21,22). The Balaban J connectivity index is 2.25. The quantitative estimate of drug-likeness (QED) is 0.515. The molecule has 0 fully saturated rings. The third-order valence-electron chi connectivity index (χ3n) is 4.00. The van der Waals surface area contributed by atoms with Gasteiger partial charge in [0.2, 0.25) is 0 Å². The van der Waals surface area contributed by atoms with Crippen LogP contribution in [-0.4, -0.2) is 24.2 Å². The zero-order valence-electron chi connectivity index (χ0n) is 14.0. The van der Waals surface area contributed by atoms with Crippen LogP contribution in [0.2, 0.25) is 0 Å². The molecule has 1 rings (SSSR count). The molecule has 0 aliphatic carbocycles. The van der Waals surface area contributed by atoms with Gasteiger partial charge in [-0.1, -0.05) is 70.1 Å². The number of hydrogen-bond donors (Lipinski definition) is 1. The van der Waals surface area contributed by atoms with E-state index in [9.17, 15) is 4.79 Å². The Labute approximate surface area is 135 Å². The van der Waals surface area contributed by atoms with Crippen molar-refractivity contribution in [3.63, 3.8) is 0 Å². The van der Waals surface area contributed by atoms with Crippen LogP contribution in [0.4, 0.5) is 5.69 Å². The predicted octanol–water partition coefficient (Wildman–Crippen LogP) is 5.11. The summed E-state index contributed by atoms with van der Waals surface area (Å²) in [6.07, 6.45) is 10.6. The minimum atomic E-state index is -0.725. The Hall–Kier alpha value is -1.51. The van der Waals surface area contributed by atoms with Crippen molar-refractivity contribution >= 4 is 11.7 Å². The molecular weight excluding hydrogens is 274 g/mol. The lowest BCUT2D eigenvalue weighted by Gasteiger charge is -2.24. The van der Waals surface area contributed by atoms with E-state index in [-0.39, 0.29) is 6.42 Å². The van der Waals surface area contributed by atoms with Crippen LogP contribution >= 0.6 is 0 Å². The van der Waals surface area contributed by atoms with Gasteiger partial charge < -0.3 is 10.0 Å². The van der Waals surface area contributed by atoms with Gasteiger partial charge in [0.05, 0.1) is 6.42 Å². The summed E-state index contributed by atoms with van der Waals surface area (Å²) in [7, 11) is 0. The lowest BCUT2D eigenvalue weighted by atomic mass is 10.1. The fourth-order valence-corrected chi connectivity index (χ4v) is 2.68. The molecule has 3 nitrogen and oxygen atoms in total. The second-order valence-electron chi connectivity index (χ2n) is 5.94. The summed E-state index contributed by atoms with van der Waals surface area (Å²) < 4.78 is 0. The number of nitrogens with zero attached hydrogens (tertiary/aromatic N) is 1. The van der Waals surface area contributed by atoms with Crippen molar-refractivity contribution < 1.29 is 9.90 Å². The van der Waals surface area contributed by atoms with E-state index in [1.165, 1.54) is 44.9 Å². The zero-order chi connectivity index (χ0) is 16.0. The van der Waals surface area contributed by atoms with Gasteiger partial charge in [-0.05, 0) is 18.6 Å². The molecule has 0 unspecified atom stereocenters. The molecule has 0 spiro atoms. The average molecular weight is 305 g/mol. The molecule has 3 heteroatoms. The molecule has 1 aromatic carbocycles. The summed E-state index contributed by atoms with van der Waals surface area (Å²) in [6, 6.07) is 10.1.